The van der Waals surface area contributed by atoms with Crippen molar-refractivity contribution < 1.29 is 4.39 Å². The first-order valence-electron chi connectivity index (χ1n) is 6.43. The van der Waals surface area contributed by atoms with Crippen LogP contribution in [0.15, 0.2) is 24.3 Å². The van der Waals surface area contributed by atoms with Crippen molar-refractivity contribution in [3.63, 3.8) is 0 Å². The zero-order valence-corrected chi connectivity index (χ0v) is 12.8. The largest absolute Gasteiger partial charge is 0.397 e. The Balaban J connectivity index is 2.63. The third-order valence-electron chi connectivity index (χ3n) is 3.27. The average molecular weight is 293 g/mol. The summed E-state index contributed by atoms with van der Waals surface area (Å²) in [7, 11) is 0. The molecule has 106 valence electrons. The Kier molecular flexibility index (Phi) is 3.74. The summed E-state index contributed by atoms with van der Waals surface area (Å²) in [6.07, 6.45) is 0. The Bertz CT molecular complexity index is 660. The third-order valence-corrected chi connectivity index (χ3v) is 3.58. The number of benzene rings is 1. The van der Waals surface area contributed by atoms with Crippen molar-refractivity contribution in [2.75, 3.05) is 5.73 Å². The van der Waals surface area contributed by atoms with Crippen molar-refractivity contribution in [1.29, 1.82) is 0 Å². The lowest BCUT2D eigenvalue weighted by atomic mass is 9.85. The van der Waals surface area contributed by atoms with Gasteiger partial charge in [-0.1, -0.05) is 38.4 Å². The Hall–Kier alpha value is -1.61. The number of aryl methyl sites for hydroxylation is 1. The highest BCUT2D eigenvalue weighted by Crippen LogP contribution is 2.33. The Morgan fingerprint density at radius 2 is 1.85 bits per heavy atom. The third kappa shape index (κ3) is 2.78. The topological polar surface area (TPSA) is 38.9 Å². The number of anilines is 1. The molecule has 0 aliphatic carbocycles. The standard InChI is InChI=1S/C16H18ClFN2/c1-9-15(19)11(16(2,3)4)8-14(20-9)10-5-6-12(17)13(18)7-10/h5-8H,19H2,1-4H3. The molecule has 0 radical (unpaired) electrons. The van der Waals surface area contributed by atoms with Crippen LogP contribution in [0.1, 0.15) is 32.0 Å². The van der Waals surface area contributed by atoms with E-state index in [0.717, 1.165) is 11.3 Å². The second-order valence-electron chi connectivity index (χ2n) is 5.93. The minimum atomic E-state index is -0.447. The van der Waals surface area contributed by atoms with Crippen LogP contribution in [0.25, 0.3) is 11.3 Å². The molecule has 2 aromatic rings. The van der Waals surface area contributed by atoms with Gasteiger partial charge in [-0.15, -0.1) is 0 Å². The second-order valence-corrected chi connectivity index (χ2v) is 6.34. The van der Waals surface area contributed by atoms with Gasteiger partial charge in [0.2, 0.25) is 0 Å². The highest BCUT2D eigenvalue weighted by molar-refractivity contribution is 6.30. The maximum Gasteiger partial charge on any atom is 0.142 e. The molecule has 1 aromatic heterocycles. The van der Waals surface area contributed by atoms with Gasteiger partial charge in [-0.25, -0.2) is 4.39 Å². The minimum absolute atomic E-state index is 0.0997. The number of rotatable bonds is 1. The average Bonchev–Trinajstić information content (AvgIpc) is 2.34. The van der Waals surface area contributed by atoms with Gasteiger partial charge in [0.05, 0.1) is 22.1 Å². The van der Waals surface area contributed by atoms with E-state index in [9.17, 15) is 4.39 Å². The van der Waals surface area contributed by atoms with Crippen LogP contribution in [0.5, 0.6) is 0 Å². The smallest absolute Gasteiger partial charge is 0.142 e. The molecule has 20 heavy (non-hydrogen) atoms. The monoisotopic (exact) mass is 292 g/mol. The molecule has 0 unspecified atom stereocenters. The van der Waals surface area contributed by atoms with Gasteiger partial charge >= 0.3 is 0 Å². The molecule has 1 heterocycles. The Morgan fingerprint density at radius 3 is 2.40 bits per heavy atom. The molecular weight excluding hydrogens is 275 g/mol. The molecule has 0 atom stereocenters. The van der Waals surface area contributed by atoms with E-state index in [1.54, 1.807) is 6.07 Å². The molecule has 0 fully saturated rings. The number of nitrogens with two attached hydrogens (primary N) is 1. The fourth-order valence-electron chi connectivity index (χ4n) is 2.11. The van der Waals surface area contributed by atoms with Gasteiger partial charge in [0.15, 0.2) is 0 Å². The molecule has 0 bridgehead atoms. The summed E-state index contributed by atoms with van der Waals surface area (Å²) >= 11 is 5.71. The lowest BCUT2D eigenvalue weighted by Crippen LogP contribution is -2.16. The zero-order chi connectivity index (χ0) is 15.1. The molecule has 2 rings (SSSR count). The van der Waals surface area contributed by atoms with Gasteiger partial charge in [0, 0.05) is 5.56 Å². The van der Waals surface area contributed by atoms with Gasteiger partial charge in [-0.3, -0.25) is 4.98 Å². The summed E-state index contributed by atoms with van der Waals surface area (Å²) in [6.45, 7) is 8.12. The van der Waals surface area contributed by atoms with Crippen molar-refractivity contribution in [3.8, 4) is 11.3 Å². The SMILES string of the molecule is Cc1nc(-c2ccc(Cl)c(F)c2)cc(C(C)(C)C)c1N. The summed E-state index contributed by atoms with van der Waals surface area (Å²) in [5.74, 6) is -0.447. The van der Waals surface area contributed by atoms with Gasteiger partial charge in [0.1, 0.15) is 5.82 Å². The van der Waals surface area contributed by atoms with Crippen LogP contribution in [0.3, 0.4) is 0 Å². The molecule has 0 aliphatic heterocycles. The highest BCUT2D eigenvalue weighted by Gasteiger charge is 2.20. The number of halogens is 2. The molecule has 0 amide bonds. The van der Waals surface area contributed by atoms with Crippen LogP contribution in [-0.4, -0.2) is 4.98 Å². The van der Waals surface area contributed by atoms with E-state index in [1.807, 2.05) is 13.0 Å². The van der Waals surface area contributed by atoms with Crippen LogP contribution in [0, 0.1) is 12.7 Å². The molecule has 0 saturated carbocycles. The summed E-state index contributed by atoms with van der Waals surface area (Å²) < 4.78 is 13.6. The van der Waals surface area contributed by atoms with Crippen LogP contribution in [-0.2, 0) is 5.41 Å². The van der Waals surface area contributed by atoms with E-state index in [-0.39, 0.29) is 10.4 Å². The molecule has 0 aliphatic rings. The fraction of sp³-hybridized carbons (Fsp3) is 0.312. The Morgan fingerprint density at radius 1 is 1.20 bits per heavy atom. The molecular formula is C16H18ClFN2. The van der Waals surface area contributed by atoms with E-state index >= 15 is 0 Å². The summed E-state index contributed by atoms with van der Waals surface area (Å²) in [5.41, 5.74) is 9.87. The van der Waals surface area contributed by atoms with E-state index < -0.39 is 5.82 Å². The predicted molar refractivity (Wildman–Crippen MR) is 82.5 cm³/mol. The summed E-state index contributed by atoms with van der Waals surface area (Å²) in [5, 5.41) is 0.108. The van der Waals surface area contributed by atoms with Crippen LogP contribution in [0.2, 0.25) is 5.02 Å². The first-order chi connectivity index (χ1) is 9.20. The lowest BCUT2D eigenvalue weighted by molar-refractivity contribution is 0.591. The second kappa shape index (κ2) is 5.06. The van der Waals surface area contributed by atoms with Gasteiger partial charge < -0.3 is 5.73 Å². The van der Waals surface area contributed by atoms with Gasteiger partial charge in [-0.2, -0.15) is 0 Å². The van der Waals surface area contributed by atoms with Crippen molar-refractivity contribution in [1.82, 2.24) is 4.98 Å². The first-order valence-corrected chi connectivity index (χ1v) is 6.81. The Labute approximate surface area is 123 Å². The highest BCUT2D eigenvalue weighted by atomic mass is 35.5. The lowest BCUT2D eigenvalue weighted by Gasteiger charge is -2.23. The first kappa shape index (κ1) is 14.8. The van der Waals surface area contributed by atoms with E-state index in [0.29, 0.717) is 16.9 Å². The fourth-order valence-corrected chi connectivity index (χ4v) is 2.22. The number of nitrogens with zero attached hydrogens (tertiary/aromatic N) is 1. The molecule has 2 N–H and O–H groups in total. The molecule has 4 heteroatoms. The summed E-state index contributed by atoms with van der Waals surface area (Å²) in [4.78, 5) is 4.45. The normalized spacial score (nSPS) is 11.7. The maximum absolute atomic E-state index is 13.6. The molecule has 1 aromatic carbocycles. The van der Waals surface area contributed by atoms with Crippen molar-refractivity contribution in [2.24, 2.45) is 0 Å². The predicted octanol–water partition coefficient (Wildman–Crippen LogP) is 4.73. The van der Waals surface area contributed by atoms with Crippen molar-refractivity contribution >= 4 is 17.3 Å². The molecule has 0 saturated heterocycles. The van der Waals surface area contributed by atoms with Crippen LogP contribution >= 0.6 is 11.6 Å². The summed E-state index contributed by atoms with van der Waals surface area (Å²) in [6, 6.07) is 6.62. The van der Waals surface area contributed by atoms with Gasteiger partial charge in [-0.05, 0) is 36.1 Å². The van der Waals surface area contributed by atoms with E-state index in [2.05, 4.69) is 25.8 Å². The molecule has 0 spiro atoms. The number of hydrogen-bond acceptors (Lipinski definition) is 2. The number of hydrogen-bond donors (Lipinski definition) is 1. The van der Waals surface area contributed by atoms with Crippen molar-refractivity contribution in [2.45, 2.75) is 33.1 Å². The minimum Gasteiger partial charge on any atom is -0.397 e. The zero-order valence-electron chi connectivity index (χ0n) is 12.1. The van der Waals surface area contributed by atoms with Crippen molar-refractivity contribution in [3.05, 3.63) is 46.4 Å². The molecule has 2 nitrogen and oxygen atoms in total. The van der Waals surface area contributed by atoms with E-state index in [4.69, 9.17) is 17.3 Å². The van der Waals surface area contributed by atoms with Crippen LogP contribution in [0.4, 0.5) is 10.1 Å². The maximum atomic E-state index is 13.6. The van der Waals surface area contributed by atoms with E-state index in [1.165, 1.54) is 12.1 Å². The van der Waals surface area contributed by atoms with Crippen LogP contribution < -0.4 is 5.73 Å². The quantitative estimate of drug-likeness (QED) is 0.825. The number of aromatic nitrogens is 1. The van der Waals surface area contributed by atoms with Gasteiger partial charge in [0.25, 0.3) is 0 Å². The number of pyridine rings is 1. The number of nitrogen functional groups attached to an aromatic ring is 1.